The molecule has 3 N–H and O–H groups in total. The summed E-state index contributed by atoms with van der Waals surface area (Å²) in [4.78, 5) is 14.5. The molecular weight excluding hydrogens is 262 g/mol. The first-order valence-electron chi connectivity index (χ1n) is 7.64. The minimum atomic E-state index is -0.202. The van der Waals surface area contributed by atoms with Gasteiger partial charge in [-0.25, -0.2) is 0 Å². The van der Waals surface area contributed by atoms with Crippen molar-refractivity contribution in [2.75, 3.05) is 13.1 Å². The van der Waals surface area contributed by atoms with Gasteiger partial charge < -0.3 is 11.1 Å². The van der Waals surface area contributed by atoms with Crippen LogP contribution in [-0.4, -0.2) is 41.5 Å². The molecule has 4 nitrogen and oxygen atoms in total. The molecule has 0 bridgehead atoms. The third-order valence-corrected chi connectivity index (χ3v) is 4.05. The standard InChI is InChI=1S/C17H27N3O/c1-12(16(21)19-17(2,3)4)20-10-14(15(18)11-20)13-8-6-5-7-9-13/h5-9,12,14-15H,10-11,18H2,1-4H3,(H,19,21)/t12?,14-,15+/m0/s1. The van der Waals surface area contributed by atoms with Crippen molar-refractivity contribution in [3.63, 3.8) is 0 Å². The molecule has 0 saturated carbocycles. The van der Waals surface area contributed by atoms with Crippen LogP contribution in [0, 0.1) is 0 Å². The summed E-state index contributed by atoms with van der Waals surface area (Å²) in [6.07, 6.45) is 0. The van der Waals surface area contributed by atoms with E-state index in [2.05, 4.69) is 22.3 Å². The SMILES string of the molecule is CC(C(=O)NC(C)(C)C)N1C[C@@H](N)[C@H](c2ccccc2)C1. The van der Waals surface area contributed by atoms with Gasteiger partial charge in [-0.1, -0.05) is 30.3 Å². The predicted molar refractivity (Wildman–Crippen MR) is 86.1 cm³/mol. The van der Waals surface area contributed by atoms with Gasteiger partial charge in [0, 0.05) is 30.6 Å². The lowest BCUT2D eigenvalue weighted by molar-refractivity contribution is -0.127. The van der Waals surface area contributed by atoms with Crippen molar-refractivity contribution in [2.45, 2.75) is 51.2 Å². The van der Waals surface area contributed by atoms with Crippen molar-refractivity contribution >= 4 is 5.91 Å². The first kappa shape index (κ1) is 16.0. The highest BCUT2D eigenvalue weighted by molar-refractivity contribution is 5.82. The van der Waals surface area contributed by atoms with Gasteiger partial charge in [-0.2, -0.15) is 0 Å². The average molecular weight is 289 g/mol. The van der Waals surface area contributed by atoms with Crippen molar-refractivity contribution in [2.24, 2.45) is 5.73 Å². The maximum Gasteiger partial charge on any atom is 0.237 e. The minimum Gasteiger partial charge on any atom is -0.350 e. The summed E-state index contributed by atoms with van der Waals surface area (Å²) in [5.41, 5.74) is 7.35. The lowest BCUT2D eigenvalue weighted by atomic mass is 9.95. The van der Waals surface area contributed by atoms with Crippen molar-refractivity contribution < 1.29 is 4.79 Å². The highest BCUT2D eigenvalue weighted by Crippen LogP contribution is 2.27. The van der Waals surface area contributed by atoms with Crippen LogP contribution in [0.2, 0.25) is 0 Å². The van der Waals surface area contributed by atoms with E-state index >= 15 is 0 Å². The van der Waals surface area contributed by atoms with Gasteiger partial charge in [-0.05, 0) is 33.3 Å². The zero-order chi connectivity index (χ0) is 15.6. The molecule has 1 aliphatic rings. The van der Waals surface area contributed by atoms with Gasteiger partial charge in [-0.3, -0.25) is 9.69 Å². The largest absolute Gasteiger partial charge is 0.350 e. The van der Waals surface area contributed by atoms with E-state index in [-0.39, 0.29) is 23.5 Å². The first-order valence-corrected chi connectivity index (χ1v) is 7.64. The molecule has 1 unspecified atom stereocenters. The van der Waals surface area contributed by atoms with Gasteiger partial charge >= 0.3 is 0 Å². The zero-order valence-electron chi connectivity index (χ0n) is 13.5. The molecular formula is C17H27N3O. The van der Waals surface area contributed by atoms with E-state index in [1.807, 2.05) is 45.9 Å². The third-order valence-electron chi connectivity index (χ3n) is 4.05. The van der Waals surface area contributed by atoms with E-state index in [1.165, 1.54) is 5.56 Å². The molecule has 0 spiro atoms. The normalized spacial score (nSPS) is 24.8. The van der Waals surface area contributed by atoms with Crippen LogP contribution in [0.25, 0.3) is 0 Å². The Balaban J connectivity index is 2.02. The van der Waals surface area contributed by atoms with Crippen LogP contribution in [0.5, 0.6) is 0 Å². The predicted octanol–water partition coefficient (Wildman–Crippen LogP) is 1.72. The quantitative estimate of drug-likeness (QED) is 0.891. The number of carbonyl (C=O) groups is 1. The Hall–Kier alpha value is -1.39. The van der Waals surface area contributed by atoms with E-state index in [0.29, 0.717) is 5.92 Å². The van der Waals surface area contributed by atoms with E-state index in [9.17, 15) is 4.79 Å². The molecule has 116 valence electrons. The van der Waals surface area contributed by atoms with Gasteiger partial charge in [0.05, 0.1) is 6.04 Å². The fraction of sp³-hybridized carbons (Fsp3) is 0.588. The summed E-state index contributed by atoms with van der Waals surface area (Å²) in [7, 11) is 0. The Morgan fingerprint density at radius 3 is 2.48 bits per heavy atom. The molecule has 1 aromatic rings. The Morgan fingerprint density at radius 2 is 1.90 bits per heavy atom. The maximum absolute atomic E-state index is 12.3. The second kappa shape index (κ2) is 6.16. The van der Waals surface area contributed by atoms with E-state index in [0.717, 1.165) is 13.1 Å². The number of hydrogen-bond acceptors (Lipinski definition) is 3. The van der Waals surface area contributed by atoms with E-state index < -0.39 is 0 Å². The second-order valence-corrected chi connectivity index (χ2v) is 7.05. The summed E-state index contributed by atoms with van der Waals surface area (Å²) < 4.78 is 0. The highest BCUT2D eigenvalue weighted by Gasteiger charge is 2.36. The number of likely N-dealkylation sites (tertiary alicyclic amines) is 1. The van der Waals surface area contributed by atoms with Gasteiger partial charge in [-0.15, -0.1) is 0 Å². The monoisotopic (exact) mass is 289 g/mol. The number of nitrogens with two attached hydrogens (primary N) is 1. The molecule has 0 aliphatic carbocycles. The summed E-state index contributed by atoms with van der Waals surface area (Å²) in [5.74, 6) is 0.375. The fourth-order valence-corrected chi connectivity index (χ4v) is 2.87. The van der Waals surface area contributed by atoms with Gasteiger partial charge in [0.15, 0.2) is 0 Å². The smallest absolute Gasteiger partial charge is 0.237 e. The number of nitrogens with one attached hydrogen (secondary N) is 1. The highest BCUT2D eigenvalue weighted by atomic mass is 16.2. The molecule has 3 atom stereocenters. The van der Waals surface area contributed by atoms with Crippen LogP contribution in [-0.2, 0) is 4.79 Å². The molecule has 0 aromatic heterocycles. The molecule has 4 heteroatoms. The fourth-order valence-electron chi connectivity index (χ4n) is 2.87. The topological polar surface area (TPSA) is 58.4 Å². The number of carbonyl (C=O) groups excluding carboxylic acids is 1. The van der Waals surface area contributed by atoms with Gasteiger partial charge in [0.25, 0.3) is 0 Å². The van der Waals surface area contributed by atoms with Gasteiger partial charge in [0.2, 0.25) is 5.91 Å². The summed E-state index contributed by atoms with van der Waals surface area (Å²) in [5, 5.41) is 3.04. The van der Waals surface area contributed by atoms with Crippen molar-refractivity contribution in [3.8, 4) is 0 Å². The van der Waals surface area contributed by atoms with Crippen LogP contribution in [0.15, 0.2) is 30.3 Å². The average Bonchev–Trinajstić information content (AvgIpc) is 2.79. The Morgan fingerprint density at radius 1 is 1.29 bits per heavy atom. The molecule has 1 amide bonds. The molecule has 21 heavy (non-hydrogen) atoms. The molecule has 1 fully saturated rings. The van der Waals surface area contributed by atoms with Crippen molar-refractivity contribution in [1.82, 2.24) is 10.2 Å². The summed E-state index contributed by atoms with van der Waals surface area (Å²) in [6.45, 7) is 9.56. The van der Waals surface area contributed by atoms with Crippen LogP contribution in [0.1, 0.15) is 39.2 Å². The number of nitrogens with zero attached hydrogens (tertiary/aromatic N) is 1. The summed E-state index contributed by atoms with van der Waals surface area (Å²) in [6, 6.07) is 10.3. The Labute approximate surface area is 127 Å². The van der Waals surface area contributed by atoms with Crippen molar-refractivity contribution in [1.29, 1.82) is 0 Å². The molecule has 1 saturated heterocycles. The van der Waals surface area contributed by atoms with Crippen LogP contribution >= 0.6 is 0 Å². The third kappa shape index (κ3) is 4.05. The number of rotatable bonds is 3. The maximum atomic E-state index is 12.3. The second-order valence-electron chi connectivity index (χ2n) is 7.05. The van der Waals surface area contributed by atoms with Crippen LogP contribution in [0.3, 0.4) is 0 Å². The number of benzene rings is 1. The molecule has 1 heterocycles. The minimum absolute atomic E-state index is 0.0726. The Kier molecular flexibility index (Phi) is 4.69. The molecule has 2 rings (SSSR count). The van der Waals surface area contributed by atoms with Gasteiger partial charge in [0.1, 0.15) is 0 Å². The summed E-state index contributed by atoms with van der Waals surface area (Å²) >= 11 is 0. The lowest BCUT2D eigenvalue weighted by Crippen LogP contribution is -2.50. The number of amides is 1. The molecule has 0 radical (unpaired) electrons. The van der Waals surface area contributed by atoms with Crippen LogP contribution < -0.4 is 11.1 Å². The van der Waals surface area contributed by atoms with E-state index in [1.54, 1.807) is 0 Å². The zero-order valence-corrected chi connectivity index (χ0v) is 13.5. The first-order chi connectivity index (χ1) is 9.78. The van der Waals surface area contributed by atoms with E-state index in [4.69, 9.17) is 5.73 Å². The Bertz CT molecular complexity index is 481. The number of hydrogen-bond donors (Lipinski definition) is 2. The molecule has 1 aromatic carbocycles. The van der Waals surface area contributed by atoms with Crippen LogP contribution in [0.4, 0.5) is 0 Å². The lowest BCUT2D eigenvalue weighted by Gasteiger charge is -2.28. The van der Waals surface area contributed by atoms with Crippen molar-refractivity contribution in [3.05, 3.63) is 35.9 Å². The molecule has 1 aliphatic heterocycles.